The van der Waals surface area contributed by atoms with E-state index >= 15 is 0 Å². The molecule has 1 aliphatic heterocycles. The summed E-state index contributed by atoms with van der Waals surface area (Å²) < 4.78 is 22.0. The van der Waals surface area contributed by atoms with E-state index in [1.54, 1.807) is 0 Å². The number of rotatable bonds is 5. The third kappa shape index (κ3) is 4.80. The minimum atomic E-state index is -2.83. The zero-order chi connectivity index (χ0) is 12.2. The van der Waals surface area contributed by atoms with Crippen LogP contribution in [0, 0.1) is 0 Å². The maximum Gasteiger partial charge on any atom is 0.148 e. The first-order valence-electron chi connectivity index (χ1n) is 6.07. The van der Waals surface area contributed by atoms with Gasteiger partial charge in [0.15, 0.2) is 0 Å². The van der Waals surface area contributed by atoms with Crippen LogP contribution in [0.5, 0.6) is 0 Å². The molecule has 1 N–H and O–H groups in total. The van der Waals surface area contributed by atoms with Crippen molar-refractivity contribution in [1.29, 1.82) is 0 Å². The van der Waals surface area contributed by atoms with Crippen molar-refractivity contribution in [2.24, 2.45) is 0 Å². The van der Waals surface area contributed by atoms with Crippen molar-refractivity contribution in [3.05, 3.63) is 0 Å². The maximum absolute atomic E-state index is 11.0. The summed E-state index contributed by atoms with van der Waals surface area (Å²) in [6, 6.07) is 1.09. The van der Waals surface area contributed by atoms with Crippen molar-refractivity contribution in [2.45, 2.75) is 38.8 Å². The Hall–Kier alpha value is -0.130. The normalized spacial score (nSPS) is 28.2. The van der Waals surface area contributed by atoms with Gasteiger partial charge in [0.1, 0.15) is 9.84 Å². The van der Waals surface area contributed by atoms with Crippen LogP contribution in [0.1, 0.15) is 26.7 Å². The molecule has 0 radical (unpaired) electrons. The lowest BCUT2D eigenvalue weighted by molar-refractivity contribution is 0.144. The molecule has 0 bridgehead atoms. The van der Waals surface area contributed by atoms with Crippen LogP contribution >= 0.6 is 0 Å². The third-order valence-corrected chi connectivity index (χ3v) is 4.27. The smallest absolute Gasteiger partial charge is 0.148 e. The first-order valence-corrected chi connectivity index (χ1v) is 8.13. The molecule has 0 spiro atoms. The standard InChI is InChI=1S/C11H24N2O2S/c1-4-13-7-5-11(9-10(13)2)12-6-8-16(3,14)15/h10-12H,4-9H2,1-3H3. The van der Waals surface area contributed by atoms with Crippen LogP contribution in [0.2, 0.25) is 0 Å². The summed E-state index contributed by atoms with van der Waals surface area (Å²) in [4.78, 5) is 2.47. The first kappa shape index (κ1) is 13.9. The number of piperidine rings is 1. The molecule has 4 nitrogen and oxygen atoms in total. The van der Waals surface area contributed by atoms with Crippen molar-refractivity contribution >= 4 is 9.84 Å². The Labute approximate surface area is 99.3 Å². The van der Waals surface area contributed by atoms with Gasteiger partial charge in [-0.05, 0) is 32.9 Å². The fourth-order valence-electron chi connectivity index (χ4n) is 2.32. The van der Waals surface area contributed by atoms with Gasteiger partial charge in [-0.25, -0.2) is 8.42 Å². The van der Waals surface area contributed by atoms with E-state index in [9.17, 15) is 8.42 Å². The molecule has 16 heavy (non-hydrogen) atoms. The zero-order valence-electron chi connectivity index (χ0n) is 10.6. The van der Waals surface area contributed by atoms with Crippen LogP contribution < -0.4 is 5.32 Å². The fraction of sp³-hybridized carbons (Fsp3) is 1.00. The van der Waals surface area contributed by atoms with E-state index in [1.165, 1.54) is 6.26 Å². The molecule has 1 rings (SSSR count). The van der Waals surface area contributed by atoms with E-state index < -0.39 is 9.84 Å². The molecular formula is C11H24N2O2S. The molecule has 0 aromatic rings. The number of likely N-dealkylation sites (tertiary alicyclic amines) is 1. The molecule has 1 aliphatic rings. The zero-order valence-corrected chi connectivity index (χ0v) is 11.4. The number of nitrogens with zero attached hydrogens (tertiary/aromatic N) is 1. The second kappa shape index (κ2) is 5.98. The van der Waals surface area contributed by atoms with E-state index in [0.29, 0.717) is 18.6 Å². The van der Waals surface area contributed by atoms with Crippen molar-refractivity contribution in [2.75, 3.05) is 31.6 Å². The van der Waals surface area contributed by atoms with Crippen LogP contribution in [0.15, 0.2) is 0 Å². The molecule has 0 aromatic heterocycles. The molecule has 2 unspecified atom stereocenters. The quantitative estimate of drug-likeness (QED) is 0.769. The Morgan fingerprint density at radius 3 is 2.62 bits per heavy atom. The number of sulfone groups is 1. The SMILES string of the molecule is CCN1CCC(NCCS(C)(=O)=O)CC1C. The van der Waals surface area contributed by atoms with Crippen molar-refractivity contribution in [3.63, 3.8) is 0 Å². The average molecular weight is 248 g/mol. The number of nitrogens with one attached hydrogen (secondary N) is 1. The van der Waals surface area contributed by atoms with Gasteiger partial charge in [-0.15, -0.1) is 0 Å². The van der Waals surface area contributed by atoms with Crippen molar-refractivity contribution in [3.8, 4) is 0 Å². The largest absolute Gasteiger partial charge is 0.313 e. The molecule has 0 aromatic carbocycles. The van der Waals surface area contributed by atoms with E-state index in [2.05, 4.69) is 24.1 Å². The van der Waals surface area contributed by atoms with Crippen molar-refractivity contribution in [1.82, 2.24) is 10.2 Å². The highest BCUT2D eigenvalue weighted by Gasteiger charge is 2.23. The molecular weight excluding hydrogens is 224 g/mol. The van der Waals surface area contributed by atoms with Gasteiger partial charge in [-0.2, -0.15) is 0 Å². The van der Waals surface area contributed by atoms with E-state index in [1.807, 2.05) is 0 Å². The van der Waals surface area contributed by atoms with Crippen LogP contribution in [0.3, 0.4) is 0 Å². The Morgan fingerprint density at radius 2 is 2.12 bits per heavy atom. The molecule has 5 heteroatoms. The van der Waals surface area contributed by atoms with E-state index in [-0.39, 0.29) is 5.75 Å². The molecule has 1 heterocycles. The van der Waals surface area contributed by atoms with Crippen LogP contribution in [-0.2, 0) is 9.84 Å². The molecule has 0 saturated carbocycles. The predicted octanol–water partition coefficient (Wildman–Crippen LogP) is 0.493. The summed E-state index contributed by atoms with van der Waals surface area (Å²) in [7, 11) is -2.83. The highest BCUT2D eigenvalue weighted by Crippen LogP contribution is 2.16. The van der Waals surface area contributed by atoms with Gasteiger partial charge in [0.25, 0.3) is 0 Å². The third-order valence-electron chi connectivity index (χ3n) is 3.33. The molecule has 1 fully saturated rings. The van der Waals surface area contributed by atoms with E-state index in [4.69, 9.17) is 0 Å². The van der Waals surface area contributed by atoms with Crippen LogP contribution in [0.25, 0.3) is 0 Å². The summed E-state index contributed by atoms with van der Waals surface area (Å²) in [5, 5.41) is 3.35. The molecule has 0 amide bonds. The summed E-state index contributed by atoms with van der Waals surface area (Å²) in [6.45, 7) is 7.25. The summed E-state index contributed by atoms with van der Waals surface area (Å²) in [5.74, 6) is 0.245. The lowest BCUT2D eigenvalue weighted by Gasteiger charge is -2.37. The number of hydrogen-bond donors (Lipinski definition) is 1. The van der Waals surface area contributed by atoms with Gasteiger partial charge in [-0.3, -0.25) is 0 Å². The summed E-state index contributed by atoms with van der Waals surface area (Å²) in [6.07, 6.45) is 3.54. The monoisotopic (exact) mass is 248 g/mol. The van der Waals surface area contributed by atoms with Gasteiger partial charge >= 0.3 is 0 Å². The lowest BCUT2D eigenvalue weighted by atomic mass is 9.98. The Balaban J connectivity index is 2.25. The van der Waals surface area contributed by atoms with Gasteiger partial charge in [-0.1, -0.05) is 6.92 Å². The summed E-state index contributed by atoms with van der Waals surface area (Å²) >= 11 is 0. The second-order valence-corrected chi connectivity index (χ2v) is 7.04. The van der Waals surface area contributed by atoms with Gasteiger partial charge in [0, 0.05) is 24.9 Å². The predicted molar refractivity (Wildman–Crippen MR) is 67.4 cm³/mol. The number of hydrogen-bond acceptors (Lipinski definition) is 4. The van der Waals surface area contributed by atoms with Gasteiger partial charge < -0.3 is 10.2 Å². The minimum absolute atomic E-state index is 0.245. The lowest BCUT2D eigenvalue weighted by Crippen LogP contribution is -2.47. The fourth-order valence-corrected chi connectivity index (χ4v) is 2.81. The van der Waals surface area contributed by atoms with Crippen LogP contribution in [-0.4, -0.2) is 57.0 Å². The minimum Gasteiger partial charge on any atom is -0.313 e. The summed E-state index contributed by atoms with van der Waals surface area (Å²) in [5.41, 5.74) is 0. The topological polar surface area (TPSA) is 49.4 Å². The van der Waals surface area contributed by atoms with E-state index in [0.717, 1.165) is 25.9 Å². The van der Waals surface area contributed by atoms with Gasteiger partial charge in [0.05, 0.1) is 5.75 Å². The Morgan fingerprint density at radius 1 is 1.44 bits per heavy atom. The highest BCUT2D eigenvalue weighted by molar-refractivity contribution is 7.90. The molecule has 1 saturated heterocycles. The van der Waals surface area contributed by atoms with Gasteiger partial charge in [0.2, 0.25) is 0 Å². The Bertz CT molecular complexity index is 303. The molecule has 96 valence electrons. The maximum atomic E-state index is 11.0. The van der Waals surface area contributed by atoms with Crippen molar-refractivity contribution < 1.29 is 8.42 Å². The molecule has 2 atom stereocenters. The molecule has 0 aliphatic carbocycles. The second-order valence-electron chi connectivity index (χ2n) is 4.78. The average Bonchev–Trinajstić information content (AvgIpc) is 2.16. The van der Waals surface area contributed by atoms with Crippen LogP contribution in [0.4, 0.5) is 0 Å². The highest BCUT2D eigenvalue weighted by atomic mass is 32.2. The first-order chi connectivity index (χ1) is 7.42. The Kier molecular flexibility index (Phi) is 5.21.